The third-order valence-corrected chi connectivity index (χ3v) is 11.4. The van der Waals surface area contributed by atoms with Crippen LogP contribution in [0.15, 0.2) is 66.9 Å². The van der Waals surface area contributed by atoms with Crippen LogP contribution in [0.2, 0.25) is 0 Å². The third kappa shape index (κ3) is 9.10. The van der Waals surface area contributed by atoms with Crippen LogP contribution < -0.4 is 20.3 Å². The van der Waals surface area contributed by atoms with Crippen molar-refractivity contribution < 1.29 is 23.8 Å². The SMILES string of the molecule is C[C@H]1CCCCN1c1nnc2ccc(O[C@@H]3CC[C@H](NC(=O)Nc4cc(C(C)(C)C)nn4-c4ccc(F)c(CN5CCN(C)CC5)c4)c4ccccc43)cn12.O=CO. The Morgan fingerprint density at radius 1 is 0.966 bits per heavy atom. The van der Waals surface area contributed by atoms with Crippen molar-refractivity contribution in [2.45, 2.75) is 89.9 Å². The number of ether oxygens (including phenoxy) is 1. The molecule has 0 saturated carbocycles. The van der Waals surface area contributed by atoms with E-state index in [2.05, 4.69) is 82.4 Å². The molecule has 14 nitrogen and oxygen atoms in total. The van der Waals surface area contributed by atoms with Crippen LogP contribution in [0.3, 0.4) is 0 Å². The summed E-state index contributed by atoms with van der Waals surface area (Å²) in [5.41, 5.74) is 4.72. The predicted molar refractivity (Wildman–Crippen MR) is 221 cm³/mol. The summed E-state index contributed by atoms with van der Waals surface area (Å²) in [7, 11) is 2.11. The number of fused-ring (bicyclic) bond motifs is 2. The molecule has 5 aromatic rings. The highest BCUT2D eigenvalue weighted by molar-refractivity contribution is 5.89. The summed E-state index contributed by atoms with van der Waals surface area (Å²) >= 11 is 0. The van der Waals surface area contributed by atoms with E-state index >= 15 is 4.39 Å². The minimum Gasteiger partial charge on any atom is -0.484 e. The summed E-state index contributed by atoms with van der Waals surface area (Å²) < 4.78 is 25.6. The molecule has 2 fully saturated rings. The highest BCUT2D eigenvalue weighted by Gasteiger charge is 2.31. The molecular weight excluding hydrogens is 740 g/mol. The number of nitrogens with one attached hydrogen (secondary N) is 2. The number of carbonyl (C=O) groups excluding carboxylic acids is 1. The van der Waals surface area contributed by atoms with Gasteiger partial charge in [0.2, 0.25) is 5.95 Å². The highest BCUT2D eigenvalue weighted by atomic mass is 19.1. The number of piperidine rings is 1. The monoisotopic (exact) mass is 794 g/mol. The first-order valence-electron chi connectivity index (χ1n) is 20.2. The zero-order chi connectivity index (χ0) is 41.0. The van der Waals surface area contributed by atoms with Crippen molar-refractivity contribution in [3.8, 4) is 11.4 Å². The zero-order valence-electron chi connectivity index (χ0n) is 34.1. The van der Waals surface area contributed by atoms with Crippen LogP contribution in [0.4, 0.5) is 21.0 Å². The van der Waals surface area contributed by atoms with E-state index < -0.39 is 0 Å². The fraction of sp³-hybridized carbons (Fsp3) is 0.465. The molecule has 5 heterocycles. The van der Waals surface area contributed by atoms with Crippen molar-refractivity contribution in [2.24, 2.45) is 0 Å². The standard InChI is InChI=1S/C42H53FN10O2.CH2O2/c1-28-10-8-9-19-51(28)41-47-46-38-18-14-31(27-52(38)41)55-36-17-16-35(32-11-6-7-12-33(32)36)44-40(54)45-39-25-37(42(2,3)4)48-53(39)30-13-15-34(43)29(24-30)26-50-22-20-49(5)21-23-50;2-1-3/h6-7,11-15,18,24-25,27-28,35-36H,8-10,16-17,19-23,26H2,1-5H3,(H2,44,45,54);1H,(H,2,3)/t28-,35-,36+;/m0./s1. The van der Waals surface area contributed by atoms with Gasteiger partial charge in [0.15, 0.2) is 5.65 Å². The molecule has 0 unspecified atom stereocenters. The van der Waals surface area contributed by atoms with Crippen LogP contribution in [0.5, 0.6) is 5.75 Å². The fourth-order valence-corrected chi connectivity index (χ4v) is 8.11. The van der Waals surface area contributed by atoms with Crippen LogP contribution in [-0.4, -0.2) is 97.6 Å². The molecule has 0 radical (unpaired) electrons. The molecule has 3 aliphatic rings. The van der Waals surface area contributed by atoms with E-state index in [1.54, 1.807) is 10.7 Å². The van der Waals surface area contributed by atoms with Crippen molar-refractivity contribution in [3.63, 3.8) is 0 Å². The summed E-state index contributed by atoms with van der Waals surface area (Å²) in [5.74, 6) is 1.88. The van der Waals surface area contributed by atoms with Gasteiger partial charge >= 0.3 is 6.03 Å². The van der Waals surface area contributed by atoms with E-state index in [-0.39, 0.29) is 35.9 Å². The normalized spacial score (nSPS) is 20.2. The van der Waals surface area contributed by atoms with Crippen molar-refractivity contribution in [2.75, 3.05) is 50.0 Å². The Kier molecular flexibility index (Phi) is 12.3. The van der Waals surface area contributed by atoms with E-state index in [1.165, 1.54) is 12.5 Å². The maximum atomic E-state index is 15.1. The Morgan fingerprint density at radius 3 is 2.47 bits per heavy atom. The number of piperazine rings is 1. The van der Waals surface area contributed by atoms with Gasteiger partial charge in [-0.25, -0.2) is 13.9 Å². The number of likely N-dealkylation sites (N-methyl/N-ethyl adjacent to an activating group) is 1. The average Bonchev–Trinajstić information content (AvgIpc) is 3.83. The Labute approximate surface area is 339 Å². The van der Waals surface area contributed by atoms with Crippen molar-refractivity contribution in [1.82, 2.24) is 39.5 Å². The maximum absolute atomic E-state index is 15.1. The van der Waals surface area contributed by atoms with Gasteiger partial charge in [-0.05, 0) is 87.5 Å². The fourth-order valence-electron chi connectivity index (χ4n) is 8.11. The summed E-state index contributed by atoms with van der Waals surface area (Å²) in [6, 6.07) is 18.9. The van der Waals surface area contributed by atoms with Crippen LogP contribution in [-0.2, 0) is 16.8 Å². The quantitative estimate of drug-likeness (QED) is 0.141. The van der Waals surface area contributed by atoms with Gasteiger partial charge in [0.05, 0.1) is 23.6 Å². The van der Waals surface area contributed by atoms with E-state index in [0.717, 1.165) is 86.2 Å². The van der Waals surface area contributed by atoms with Gasteiger partial charge in [-0.3, -0.25) is 19.4 Å². The topological polar surface area (TPSA) is 145 Å². The molecule has 3 N–H and O–H groups in total. The largest absolute Gasteiger partial charge is 0.484 e. The number of anilines is 2. The van der Waals surface area contributed by atoms with Crippen molar-refractivity contribution in [1.29, 1.82) is 0 Å². The van der Waals surface area contributed by atoms with Crippen LogP contribution >= 0.6 is 0 Å². The summed E-state index contributed by atoms with van der Waals surface area (Å²) in [4.78, 5) is 29.1. The molecule has 2 amide bonds. The minimum atomic E-state index is -0.335. The number of pyridine rings is 1. The van der Waals surface area contributed by atoms with Crippen LogP contribution in [0.25, 0.3) is 11.3 Å². The number of hydrogen-bond donors (Lipinski definition) is 3. The molecule has 0 spiro atoms. The Bertz CT molecular complexity index is 2210. The summed E-state index contributed by atoms with van der Waals surface area (Å²) in [6.07, 6.45) is 6.76. The Hall–Kier alpha value is -5.54. The number of halogens is 1. The molecule has 58 heavy (non-hydrogen) atoms. The molecule has 1 aliphatic carbocycles. The van der Waals surface area contributed by atoms with E-state index in [9.17, 15) is 4.79 Å². The summed E-state index contributed by atoms with van der Waals surface area (Å²) in [6.45, 7) is 13.4. The van der Waals surface area contributed by atoms with Gasteiger partial charge < -0.3 is 25.0 Å². The lowest BCUT2D eigenvalue weighted by atomic mass is 9.85. The first-order chi connectivity index (χ1) is 27.9. The maximum Gasteiger partial charge on any atom is 0.320 e. The van der Waals surface area contributed by atoms with Gasteiger partial charge in [-0.2, -0.15) is 5.10 Å². The Balaban J connectivity index is 0.00000166. The number of amides is 2. The number of urea groups is 1. The summed E-state index contributed by atoms with van der Waals surface area (Å²) in [5, 5.41) is 27.1. The molecule has 0 bridgehead atoms. The lowest BCUT2D eigenvalue weighted by molar-refractivity contribution is -0.122. The second-order valence-electron chi connectivity index (χ2n) is 16.6. The minimum absolute atomic E-state index is 0.183. The molecule has 8 rings (SSSR count). The van der Waals surface area contributed by atoms with Crippen molar-refractivity contribution >= 4 is 29.9 Å². The van der Waals surface area contributed by atoms with E-state index in [1.807, 2.05) is 47.0 Å². The molecule has 3 atom stereocenters. The first kappa shape index (κ1) is 40.6. The number of carbonyl (C=O) groups is 2. The average molecular weight is 795 g/mol. The number of aromatic nitrogens is 5. The molecule has 308 valence electrons. The molecule has 3 aromatic heterocycles. The second-order valence-corrected chi connectivity index (χ2v) is 16.6. The highest BCUT2D eigenvalue weighted by Crippen LogP contribution is 2.39. The van der Waals surface area contributed by atoms with Gasteiger partial charge in [-0.15, -0.1) is 10.2 Å². The molecular formula is C43H55FN10O4. The van der Waals surface area contributed by atoms with Gasteiger partial charge in [0, 0.05) is 62.4 Å². The third-order valence-electron chi connectivity index (χ3n) is 11.4. The molecule has 2 saturated heterocycles. The Morgan fingerprint density at radius 2 is 1.72 bits per heavy atom. The smallest absolute Gasteiger partial charge is 0.320 e. The lowest BCUT2D eigenvalue weighted by Crippen LogP contribution is -2.44. The van der Waals surface area contributed by atoms with Crippen LogP contribution in [0, 0.1) is 5.82 Å². The first-order valence-corrected chi connectivity index (χ1v) is 20.2. The number of rotatable bonds is 8. The van der Waals surface area contributed by atoms with E-state index in [4.69, 9.17) is 19.7 Å². The number of hydrogen-bond acceptors (Lipinski definition) is 9. The molecule has 2 aliphatic heterocycles. The van der Waals surface area contributed by atoms with E-state index in [0.29, 0.717) is 36.1 Å². The van der Waals surface area contributed by atoms with Gasteiger partial charge in [0.25, 0.3) is 6.47 Å². The number of nitrogens with zero attached hydrogens (tertiary/aromatic N) is 8. The number of carboxylic acid groups (broad SMARTS) is 1. The lowest BCUT2D eigenvalue weighted by Gasteiger charge is -2.33. The number of benzene rings is 2. The molecule has 2 aromatic carbocycles. The van der Waals surface area contributed by atoms with Crippen LogP contribution in [0.1, 0.15) is 94.3 Å². The van der Waals surface area contributed by atoms with Gasteiger partial charge in [0.1, 0.15) is 23.5 Å². The van der Waals surface area contributed by atoms with Gasteiger partial charge in [-0.1, -0.05) is 45.0 Å². The zero-order valence-corrected chi connectivity index (χ0v) is 34.1. The predicted octanol–water partition coefficient (Wildman–Crippen LogP) is 6.96. The molecule has 15 heteroatoms. The second kappa shape index (κ2) is 17.5. The van der Waals surface area contributed by atoms with Crippen molar-refractivity contribution in [3.05, 3.63) is 95.1 Å².